The minimum atomic E-state index is -5.07. The smallest absolute Gasteiger partial charge is 0.441 e. The zero-order chi connectivity index (χ0) is 26.1. The Morgan fingerprint density at radius 1 is 1.19 bits per heavy atom. The first-order valence-corrected chi connectivity index (χ1v) is 13.0. The summed E-state index contributed by atoms with van der Waals surface area (Å²) < 4.78 is 71.0. The molecule has 2 heterocycles. The van der Waals surface area contributed by atoms with Gasteiger partial charge in [0, 0.05) is 29.7 Å². The predicted molar refractivity (Wildman–Crippen MR) is 126 cm³/mol. The molecule has 1 aliphatic carbocycles. The van der Waals surface area contributed by atoms with Gasteiger partial charge >= 0.3 is 12.1 Å². The molecule has 0 spiro atoms. The molecular weight excluding hydrogens is 497 g/mol. The van der Waals surface area contributed by atoms with E-state index in [4.69, 9.17) is 10.2 Å². The van der Waals surface area contributed by atoms with Crippen LogP contribution in [0.15, 0.2) is 53.2 Å². The highest BCUT2D eigenvalue weighted by molar-refractivity contribution is 7.91. The second kappa shape index (κ2) is 10.0. The fourth-order valence-electron chi connectivity index (χ4n) is 4.18. The zero-order valence-electron chi connectivity index (χ0n) is 19.4. The molecule has 0 aliphatic heterocycles. The quantitative estimate of drug-likeness (QED) is 0.499. The van der Waals surface area contributed by atoms with Crippen LogP contribution in [0.25, 0.3) is 11.5 Å². The Labute approximate surface area is 206 Å². The van der Waals surface area contributed by atoms with E-state index in [1.165, 1.54) is 36.7 Å². The van der Waals surface area contributed by atoms with Gasteiger partial charge in [0.2, 0.25) is 5.89 Å². The van der Waals surface area contributed by atoms with Crippen molar-refractivity contribution in [2.45, 2.75) is 56.0 Å². The van der Waals surface area contributed by atoms with Crippen molar-refractivity contribution < 1.29 is 30.8 Å². The van der Waals surface area contributed by atoms with Crippen LogP contribution in [-0.2, 0) is 26.9 Å². The molecule has 1 saturated carbocycles. The summed E-state index contributed by atoms with van der Waals surface area (Å²) in [6.07, 6.45) is -0.608. The lowest BCUT2D eigenvalue weighted by molar-refractivity contribution is -0.170. The van der Waals surface area contributed by atoms with Crippen LogP contribution in [0, 0.1) is 6.92 Å². The summed E-state index contributed by atoms with van der Waals surface area (Å²) in [6.45, 7) is 1.28. The first kappa shape index (κ1) is 25.8. The van der Waals surface area contributed by atoms with Gasteiger partial charge in [0.1, 0.15) is 5.76 Å². The molecule has 3 aromatic rings. The number of nitrogens with two attached hydrogens (primary N) is 1. The molecule has 2 atom stereocenters. The molecule has 1 aromatic carbocycles. The average molecular weight is 523 g/mol. The number of hydrogen-bond donors (Lipinski definition) is 1. The van der Waals surface area contributed by atoms with E-state index in [-0.39, 0.29) is 35.6 Å². The maximum Gasteiger partial charge on any atom is 0.471 e. The van der Waals surface area contributed by atoms with E-state index < -0.39 is 27.2 Å². The molecule has 12 heteroatoms. The van der Waals surface area contributed by atoms with Gasteiger partial charge in [-0.2, -0.15) is 13.2 Å². The number of carbonyl (C=O) groups excluding carboxylic acids is 1. The molecule has 1 amide bonds. The number of rotatable bonds is 7. The number of carbonyl (C=O) groups is 1. The Morgan fingerprint density at radius 2 is 1.92 bits per heavy atom. The third kappa shape index (κ3) is 5.76. The van der Waals surface area contributed by atoms with Gasteiger partial charge in [0.25, 0.3) is 0 Å². The second-order valence-electron chi connectivity index (χ2n) is 8.82. The largest absolute Gasteiger partial charge is 0.471 e. The van der Waals surface area contributed by atoms with Crippen LogP contribution in [0.3, 0.4) is 0 Å². The van der Waals surface area contributed by atoms with E-state index in [9.17, 15) is 26.4 Å². The molecule has 8 nitrogen and oxygen atoms in total. The number of oxazole rings is 1. The minimum Gasteiger partial charge on any atom is -0.441 e. The predicted octanol–water partition coefficient (Wildman–Crippen LogP) is 3.94. The van der Waals surface area contributed by atoms with E-state index >= 15 is 0 Å². The molecule has 1 fully saturated rings. The van der Waals surface area contributed by atoms with Gasteiger partial charge in [-0.3, -0.25) is 9.78 Å². The van der Waals surface area contributed by atoms with Crippen LogP contribution in [-0.4, -0.2) is 41.8 Å². The summed E-state index contributed by atoms with van der Waals surface area (Å²) >= 11 is 0. The van der Waals surface area contributed by atoms with Crippen molar-refractivity contribution in [3.8, 4) is 11.5 Å². The lowest BCUT2D eigenvalue weighted by atomic mass is 10.1. The number of halogens is 3. The van der Waals surface area contributed by atoms with Gasteiger partial charge in [0.05, 0.1) is 23.2 Å². The highest BCUT2D eigenvalue weighted by Crippen LogP contribution is 2.31. The number of benzene rings is 1. The number of pyridine rings is 1. The van der Waals surface area contributed by atoms with Crippen molar-refractivity contribution in [1.82, 2.24) is 9.97 Å². The molecule has 2 aromatic heterocycles. The maximum atomic E-state index is 13.3. The maximum absolute atomic E-state index is 13.3. The summed E-state index contributed by atoms with van der Waals surface area (Å²) in [5.41, 5.74) is 7.01. The van der Waals surface area contributed by atoms with Crippen molar-refractivity contribution in [3.05, 3.63) is 65.8 Å². The Balaban J connectivity index is 1.56. The number of aromatic nitrogens is 2. The van der Waals surface area contributed by atoms with Gasteiger partial charge < -0.3 is 15.1 Å². The Hall–Kier alpha value is -3.25. The molecule has 4 rings (SSSR count). The van der Waals surface area contributed by atoms with Crippen molar-refractivity contribution in [2.24, 2.45) is 5.73 Å². The van der Waals surface area contributed by atoms with E-state index in [1.54, 1.807) is 19.1 Å². The fraction of sp³-hybridized carbons (Fsp3) is 0.375. The van der Waals surface area contributed by atoms with Crippen LogP contribution in [0.2, 0.25) is 0 Å². The first-order valence-electron chi connectivity index (χ1n) is 11.3. The van der Waals surface area contributed by atoms with Crippen LogP contribution >= 0.6 is 0 Å². The van der Waals surface area contributed by atoms with Crippen molar-refractivity contribution in [1.29, 1.82) is 0 Å². The highest BCUT2D eigenvalue weighted by Gasteiger charge is 2.43. The van der Waals surface area contributed by atoms with Gasteiger partial charge in [-0.25, -0.2) is 13.4 Å². The van der Waals surface area contributed by atoms with Gasteiger partial charge in [0.15, 0.2) is 9.84 Å². The monoisotopic (exact) mass is 522 g/mol. The number of sulfone groups is 1. The summed E-state index contributed by atoms with van der Waals surface area (Å²) in [6, 6.07) is 8.65. The third-order valence-electron chi connectivity index (χ3n) is 6.14. The summed E-state index contributed by atoms with van der Waals surface area (Å²) in [7, 11) is -3.47. The summed E-state index contributed by atoms with van der Waals surface area (Å²) in [5, 5.41) is -0.511. The second-order valence-corrected chi connectivity index (χ2v) is 11.1. The molecule has 1 aliphatic rings. The minimum absolute atomic E-state index is 0.0218. The van der Waals surface area contributed by atoms with E-state index in [0.717, 1.165) is 0 Å². The third-order valence-corrected chi connectivity index (χ3v) is 8.26. The van der Waals surface area contributed by atoms with Crippen LogP contribution < -0.4 is 10.6 Å². The lowest BCUT2D eigenvalue weighted by Crippen LogP contribution is -2.40. The number of nitrogens with zero attached hydrogens (tertiary/aromatic N) is 3. The number of anilines is 1. The molecule has 192 valence electrons. The van der Waals surface area contributed by atoms with Crippen LogP contribution in [0.4, 0.5) is 18.9 Å². The molecule has 36 heavy (non-hydrogen) atoms. The molecule has 0 saturated heterocycles. The SMILES string of the molecule is Cc1oc(-c2ccc(N(Cc3cccnc3)C(=O)C(F)(F)F)cc2)nc1CS(=O)(=O)[C@H]1CC[C@H](N)C1. The molecular formula is C24H25F3N4O4S. The van der Waals surface area contributed by atoms with Crippen molar-refractivity contribution >= 4 is 21.4 Å². The topological polar surface area (TPSA) is 119 Å². The van der Waals surface area contributed by atoms with Gasteiger partial charge in [-0.1, -0.05) is 6.07 Å². The fourth-order valence-corrected chi connectivity index (χ4v) is 6.11. The lowest BCUT2D eigenvalue weighted by Gasteiger charge is -2.24. The average Bonchev–Trinajstić information content (AvgIpc) is 3.43. The molecule has 2 N–H and O–H groups in total. The van der Waals surface area contributed by atoms with Gasteiger partial charge in [-0.05, 0) is 62.1 Å². The Bertz CT molecular complexity index is 1330. The molecule has 0 unspecified atom stereocenters. The Kier molecular flexibility index (Phi) is 7.19. The van der Waals surface area contributed by atoms with Crippen molar-refractivity contribution in [2.75, 3.05) is 4.90 Å². The summed E-state index contributed by atoms with van der Waals surface area (Å²) in [5.74, 6) is -1.82. The number of alkyl halides is 3. The van der Waals surface area contributed by atoms with E-state index in [1.807, 2.05) is 0 Å². The first-order chi connectivity index (χ1) is 16.9. The number of hydrogen-bond acceptors (Lipinski definition) is 7. The zero-order valence-corrected chi connectivity index (χ0v) is 20.2. The van der Waals surface area contributed by atoms with Gasteiger partial charge in [-0.15, -0.1) is 0 Å². The van der Waals surface area contributed by atoms with Crippen molar-refractivity contribution in [3.63, 3.8) is 0 Å². The molecule has 0 bridgehead atoms. The Morgan fingerprint density at radius 3 is 2.50 bits per heavy atom. The van der Waals surface area contributed by atoms with Crippen LogP contribution in [0.1, 0.15) is 36.3 Å². The molecule has 0 radical (unpaired) electrons. The highest BCUT2D eigenvalue weighted by atomic mass is 32.2. The summed E-state index contributed by atoms with van der Waals surface area (Å²) in [4.78, 5) is 20.9. The number of aryl methyl sites for hydroxylation is 1. The normalized spacial score (nSPS) is 18.4. The standard InChI is InChI=1S/C24H25F3N4O4S/c1-15-21(14-36(33,34)20-9-6-18(28)11-20)30-22(35-15)17-4-7-19(8-5-17)31(23(32)24(25,26)27)13-16-3-2-10-29-12-16/h2-5,7-8,10,12,18,20H,6,9,11,13-14,28H2,1H3/t18-,20-/m0/s1. The van der Waals surface area contributed by atoms with E-state index in [2.05, 4.69) is 9.97 Å². The number of amides is 1. The van der Waals surface area contributed by atoms with Crippen LogP contribution in [0.5, 0.6) is 0 Å². The van der Waals surface area contributed by atoms with E-state index in [0.29, 0.717) is 41.0 Å².